The van der Waals surface area contributed by atoms with Gasteiger partial charge in [-0.2, -0.15) is 0 Å². The van der Waals surface area contributed by atoms with Crippen LogP contribution in [0.25, 0.3) is 10.8 Å². The van der Waals surface area contributed by atoms with E-state index in [4.69, 9.17) is 5.73 Å². The lowest BCUT2D eigenvalue weighted by atomic mass is 9.86. The molecule has 3 N–H and O–H groups in total. The fourth-order valence-electron chi connectivity index (χ4n) is 3.79. The molecule has 4 nitrogen and oxygen atoms in total. The molecule has 4 rings (SSSR count). The molecule has 0 bridgehead atoms. The molecule has 4 heteroatoms. The Labute approximate surface area is 172 Å². The van der Waals surface area contributed by atoms with Gasteiger partial charge in [-0.15, -0.1) is 0 Å². The maximum Gasteiger partial charge on any atom is 0.252 e. The predicted octanol–water partition coefficient (Wildman–Crippen LogP) is 5.10. The quantitative estimate of drug-likeness (QED) is 0.655. The van der Waals surface area contributed by atoms with Gasteiger partial charge in [0.25, 0.3) is 5.91 Å². The van der Waals surface area contributed by atoms with E-state index in [1.165, 1.54) is 5.56 Å². The van der Waals surface area contributed by atoms with E-state index >= 15 is 0 Å². The second-order valence-corrected chi connectivity index (χ2v) is 9.18. The first kappa shape index (κ1) is 19.4. The zero-order valence-electron chi connectivity index (χ0n) is 17.7. The highest BCUT2D eigenvalue weighted by Crippen LogP contribution is 2.45. The molecule has 1 amide bonds. The Balaban J connectivity index is 1.59. The van der Waals surface area contributed by atoms with Gasteiger partial charge in [0.1, 0.15) is 0 Å². The van der Waals surface area contributed by atoms with Gasteiger partial charge in [-0.05, 0) is 64.8 Å². The molecule has 1 saturated carbocycles. The zero-order valence-corrected chi connectivity index (χ0v) is 17.7. The minimum Gasteiger partial charge on any atom is -0.397 e. The maximum atomic E-state index is 13.0. The fraction of sp³-hybridized carbons (Fsp3) is 0.360. The van der Waals surface area contributed by atoms with Gasteiger partial charge in [-0.1, -0.05) is 52.0 Å². The van der Waals surface area contributed by atoms with Crippen LogP contribution in [0.3, 0.4) is 0 Å². The van der Waals surface area contributed by atoms with Crippen LogP contribution in [-0.2, 0) is 17.4 Å². The van der Waals surface area contributed by atoms with Crippen LogP contribution >= 0.6 is 0 Å². The highest BCUT2D eigenvalue weighted by Gasteiger charge is 2.47. The van der Waals surface area contributed by atoms with Gasteiger partial charge in [0.05, 0.1) is 23.1 Å². The van der Waals surface area contributed by atoms with Gasteiger partial charge in [0.2, 0.25) is 0 Å². The number of nitrogens with zero attached hydrogens (tertiary/aromatic N) is 1. The molecule has 1 heterocycles. The number of hydrogen-bond acceptors (Lipinski definition) is 3. The Bertz CT molecular complexity index is 1090. The van der Waals surface area contributed by atoms with E-state index in [1.54, 1.807) is 6.20 Å². The molecule has 0 atom stereocenters. The number of nitrogens with one attached hydrogen (secondary N) is 1. The van der Waals surface area contributed by atoms with E-state index in [9.17, 15) is 4.79 Å². The second-order valence-electron chi connectivity index (χ2n) is 9.18. The Morgan fingerprint density at radius 1 is 1.10 bits per heavy atom. The number of carbonyl (C=O) groups excluding carboxylic acids is 1. The monoisotopic (exact) mass is 387 g/mol. The van der Waals surface area contributed by atoms with Crippen LogP contribution in [0, 0.1) is 0 Å². The van der Waals surface area contributed by atoms with Gasteiger partial charge in [0, 0.05) is 5.56 Å². The molecule has 150 valence electrons. The first-order chi connectivity index (χ1) is 13.7. The van der Waals surface area contributed by atoms with Crippen LogP contribution in [0.2, 0.25) is 0 Å². The number of benzene rings is 2. The van der Waals surface area contributed by atoms with Crippen molar-refractivity contribution in [3.63, 3.8) is 0 Å². The molecule has 1 aliphatic carbocycles. The zero-order chi connectivity index (χ0) is 20.8. The molecule has 3 aromatic rings. The lowest BCUT2D eigenvalue weighted by Crippen LogP contribution is -2.35. The van der Waals surface area contributed by atoms with Gasteiger partial charge < -0.3 is 11.1 Å². The Kier molecular flexibility index (Phi) is 4.60. The molecule has 0 spiro atoms. The minimum atomic E-state index is -0.361. The SMILES string of the molecule is CCc1cc(C2(NC(=O)c3ccc4cc(C(C)(C)C)ccc4c3)CC2)ncc1N. The molecule has 0 aliphatic heterocycles. The highest BCUT2D eigenvalue weighted by molar-refractivity contribution is 5.99. The summed E-state index contributed by atoms with van der Waals surface area (Å²) in [6.07, 6.45) is 4.37. The molecular weight excluding hydrogens is 358 g/mol. The normalized spacial score (nSPS) is 15.3. The topological polar surface area (TPSA) is 68.0 Å². The number of anilines is 1. The van der Waals surface area contributed by atoms with Crippen LogP contribution in [-0.4, -0.2) is 10.9 Å². The third kappa shape index (κ3) is 3.71. The molecule has 1 fully saturated rings. The van der Waals surface area contributed by atoms with Gasteiger partial charge in [-0.3, -0.25) is 9.78 Å². The van der Waals surface area contributed by atoms with Crippen molar-refractivity contribution in [1.82, 2.24) is 10.3 Å². The molecular formula is C25H29N3O. The molecule has 0 saturated heterocycles. The number of nitrogens with two attached hydrogens (primary N) is 1. The lowest BCUT2D eigenvalue weighted by molar-refractivity contribution is 0.0930. The van der Waals surface area contributed by atoms with Crippen molar-refractivity contribution < 1.29 is 4.79 Å². The van der Waals surface area contributed by atoms with Gasteiger partial charge in [0.15, 0.2) is 0 Å². The van der Waals surface area contributed by atoms with E-state index in [2.05, 4.69) is 56.2 Å². The van der Waals surface area contributed by atoms with Crippen molar-refractivity contribution in [3.05, 3.63) is 71.0 Å². The van der Waals surface area contributed by atoms with Crippen molar-refractivity contribution in [2.75, 3.05) is 5.73 Å². The number of amides is 1. The number of hydrogen-bond donors (Lipinski definition) is 2. The summed E-state index contributed by atoms with van der Waals surface area (Å²) in [6, 6.07) is 14.4. The number of fused-ring (bicyclic) bond motifs is 1. The van der Waals surface area contributed by atoms with Crippen LogP contribution < -0.4 is 11.1 Å². The standard InChI is InChI=1S/C25H29N3O/c1-5-16-14-22(27-15-21(16)26)25(10-11-25)28-23(29)19-7-6-18-13-20(24(2,3)4)9-8-17(18)12-19/h6-9,12-15H,5,10-11,26H2,1-4H3,(H,28,29). The average Bonchev–Trinajstić information content (AvgIpc) is 3.47. The summed E-state index contributed by atoms with van der Waals surface area (Å²) in [4.78, 5) is 17.5. The number of aryl methyl sites for hydroxylation is 1. The Hall–Kier alpha value is -2.88. The fourth-order valence-corrected chi connectivity index (χ4v) is 3.79. The average molecular weight is 388 g/mol. The Morgan fingerprint density at radius 3 is 2.45 bits per heavy atom. The van der Waals surface area contributed by atoms with E-state index in [1.807, 2.05) is 24.3 Å². The van der Waals surface area contributed by atoms with Crippen LogP contribution in [0.1, 0.15) is 67.7 Å². The second kappa shape index (κ2) is 6.87. The number of nitrogen functional groups attached to an aromatic ring is 1. The summed E-state index contributed by atoms with van der Waals surface area (Å²) in [7, 11) is 0. The summed E-state index contributed by atoms with van der Waals surface area (Å²) in [5, 5.41) is 5.46. The summed E-state index contributed by atoms with van der Waals surface area (Å²) in [5.74, 6) is -0.0547. The molecule has 1 aliphatic rings. The third-order valence-corrected chi connectivity index (χ3v) is 5.97. The summed E-state index contributed by atoms with van der Waals surface area (Å²) in [6.45, 7) is 8.70. The van der Waals surface area contributed by atoms with E-state index in [0.717, 1.165) is 41.3 Å². The molecule has 29 heavy (non-hydrogen) atoms. The largest absolute Gasteiger partial charge is 0.397 e. The third-order valence-electron chi connectivity index (χ3n) is 5.97. The summed E-state index contributed by atoms with van der Waals surface area (Å²) >= 11 is 0. The van der Waals surface area contributed by atoms with Crippen molar-refractivity contribution >= 4 is 22.4 Å². The van der Waals surface area contributed by atoms with Crippen LogP contribution in [0.5, 0.6) is 0 Å². The summed E-state index contributed by atoms with van der Waals surface area (Å²) in [5.41, 5.74) is 10.4. The van der Waals surface area contributed by atoms with E-state index in [0.29, 0.717) is 11.3 Å². The summed E-state index contributed by atoms with van der Waals surface area (Å²) < 4.78 is 0. The maximum absolute atomic E-state index is 13.0. The molecule has 0 unspecified atom stereocenters. The van der Waals surface area contributed by atoms with Crippen molar-refractivity contribution in [2.45, 2.75) is 57.9 Å². The molecule has 2 aromatic carbocycles. The first-order valence-corrected chi connectivity index (χ1v) is 10.3. The first-order valence-electron chi connectivity index (χ1n) is 10.3. The lowest BCUT2D eigenvalue weighted by Gasteiger charge is -2.20. The number of aromatic nitrogens is 1. The van der Waals surface area contributed by atoms with Crippen molar-refractivity contribution in [1.29, 1.82) is 0 Å². The van der Waals surface area contributed by atoms with Crippen LogP contribution in [0.4, 0.5) is 5.69 Å². The van der Waals surface area contributed by atoms with Crippen molar-refractivity contribution in [3.8, 4) is 0 Å². The van der Waals surface area contributed by atoms with E-state index < -0.39 is 0 Å². The number of rotatable bonds is 4. The molecule has 1 aromatic heterocycles. The van der Waals surface area contributed by atoms with Gasteiger partial charge >= 0.3 is 0 Å². The van der Waals surface area contributed by atoms with Crippen LogP contribution in [0.15, 0.2) is 48.7 Å². The highest BCUT2D eigenvalue weighted by atomic mass is 16.1. The smallest absolute Gasteiger partial charge is 0.252 e. The molecule has 0 radical (unpaired) electrons. The number of carbonyl (C=O) groups is 1. The van der Waals surface area contributed by atoms with Crippen molar-refractivity contribution in [2.24, 2.45) is 0 Å². The number of pyridine rings is 1. The minimum absolute atomic E-state index is 0.0547. The van der Waals surface area contributed by atoms with Gasteiger partial charge in [-0.25, -0.2) is 0 Å². The predicted molar refractivity (Wildman–Crippen MR) is 119 cm³/mol. The Morgan fingerprint density at radius 2 is 1.79 bits per heavy atom. The van der Waals surface area contributed by atoms with E-state index in [-0.39, 0.29) is 16.9 Å².